The summed E-state index contributed by atoms with van der Waals surface area (Å²) in [5.74, 6) is 0.326. The average Bonchev–Trinajstić information content (AvgIpc) is 2.56. The molecule has 5 heteroatoms. The Kier molecular flexibility index (Phi) is 4.24. The molecule has 0 aromatic heterocycles. The molecule has 0 spiro atoms. The van der Waals surface area contributed by atoms with Gasteiger partial charge in [0.05, 0.1) is 6.54 Å². The van der Waals surface area contributed by atoms with Crippen LogP contribution in [0.2, 0.25) is 0 Å². The molecule has 3 saturated heterocycles. The summed E-state index contributed by atoms with van der Waals surface area (Å²) >= 11 is 0. The fraction of sp³-hybridized carbons (Fsp3) is 0.867. The number of rotatable bonds is 2. The smallest absolute Gasteiger partial charge is 0.242 e. The third kappa shape index (κ3) is 2.82. The lowest BCUT2D eigenvalue weighted by Crippen LogP contribution is -2.48. The highest BCUT2D eigenvalue weighted by molar-refractivity contribution is 5.85. The maximum atomic E-state index is 12.6. The molecule has 2 bridgehead atoms. The lowest BCUT2D eigenvalue weighted by Gasteiger charge is -2.30. The first kappa shape index (κ1) is 13.9. The van der Waals surface area contributed by atoms with E-state index in [4.69, 9.17) is 0 Å². The van der Waals surface area contributed by atoms with Gasteiger partial charge in [-0.15, -0.1) is 0 Å². The minimum atomic E-state index is 0.163. The first-order valence-electron chi connectivity index (χ1n) is 8.05. The molecular weight excluding hydrogens is 254 g/mol. The van der Waals surface area contributed by atoms with E-state index < -0.39 is 0 Å². The summed E-state index contributed by atoms with van der Waals surface area (Å²) in [6.45, 7) is 2.97. The first-order chi connectivity index (χ1) is 9.75. The summed E-state index contributed by atoms with van der Waals surface area (Å²) in [5, 5.41) is 3.41. The number of nitrogens with one attached hydrogen (secondary N) is 1. The van der Waals surface area contributed by atoms with Gasteiger partial charge in [-0.3, -0.25) is 9.59 Å². The van der Waals surface area contributed by atoms with Gasteiger partial charge >= 0.3 is 0 Å². The van der Waals surface area contributed by atoms with Crippen LogP contribution in [-0.4, -0.2) is 59.9 Å². The number of hydrogen-bond donors (Lipinski definition) is 1. The number of carbonyl (C=O) groups excluding carboxylic acids is 2. The van der Waals surface area contributed by atoms with Crippen LogP contribution in [0, 0.1) is 0 Å². The van der Waals surface area contributed by atoms with E-state index in [0.29, 0.717) is 25.0 Å². The van der Waals surface area contributed by atoms with Gasteiger partial charge in [-0.05, 0) is 38.6 Å². The van der Waals surface area contributed by atoms with Crippen LogP contribution in [-0.2, 0) is 9.59 Å². The highest BCUT2D eigenvalue weighted by atomic mass is 16.2. The summed E-state index contributed by atoms with van der Waals surface area (Å²) in [5.41, 5.74) is 0. The van der Waals surface area contributed by atoms with E-state index in [-0.39, 0.29) is 11.8 Å². The molecule has 2 amide bonds. The zero-order chi connectivity index (χ0) is 13.9. The molecule has 0 aromatic carbocycles. The van der Waals surface area contributed by atoms with E-state index >= 15 is 0 Å². The molecule has 0 saturated carbocycles. The normalized spacial score (nSPS) is 31.1. The fourth-order valence-electron chi connectivity index (χ4n) is 3.84. The van der Waals surface area contributed by atoms with Crippen LogP contribution in [0.5, 0.6) is 0 Å². The fourth-order valence-corrected chi connectivity index (χ4v) is 3.84. The lowest BCUT2D eigenvalue weighted by molar-refractivity contribution is -0.141. The highest BCUT2D eigenvalue weighted by Crippen LogP contribution is 2.28. The lowest BCUT2D eigenvalue weighted by atomic mass is 10.1. The molecule has 0 aliphatic carbocycles. The topological polar surface area (TPSA) is 52.7 Å². The predicted molar refractivity (Wildman–Crippen MR) is 76.2 cm³/mol. The molecule has 5 nitrogen and oxygen atoms in total. The Morgan fingerprint density at radius 1 is 1.15 bits per heavy atom. The molecule has 3 aliphatic rings. The summed E-state index contributed by atoms with van der Waals surface area (Å²) in [4.78, 5) is 28.5. The van der Waals surface area contributed by atoms with Gasteiger partial charge in [0.1, 0.15) is 0 Å². The molecule has 0 radical (unpaired) electrons. The van der Waals surface area contributed by atoms with Gasteiger partial charge in [-0.1, -0.05) is 6.42 Å². The minimum Gasteiger partial charge on any atom is -0.334 e. The molecule has 20 heavy (non-hydrogen) atoms. The van der Waals surface area contributed by atoms with E-state index in [1.54, 1.807) is 4.90 Å². The van der Waals surface area contributed by atoms with Crippen LogP contribution >= 0.6 is 0 Å². The number of nitrogens with zero attached hydrogens (tertiary/aromatic N) is 2. The van der Waals surface area contributed by atoms with E-state index in [1.165, 1.54) is 0 Å². The van der Waals surface area contributed by atoms with Gasteiger partial charge < -0.3 is 15.1 Å². The van der Waals surface area contributed by atoms with Crippen molar-refractivity contribution in [2.24, 2.45) is 0 Å². The largest absolute Gasteiger partial charge is 0.334 e. The van der Waals surface area contributed by atoms with Gasteiger partial charge in [0.15, 0.2) is 0 Å². The Morgan fingerprint density at radius 3 is 2.90 bits per heavy atom. The molecule has 3 aliphatic heterocycles. The third-order valence-corrected chi connectivity index (χ3v) is 4.94. The third-order valence-electron chi connectivity index (χ3n) is 4.94. The Labute approximate surface area is 120 Å². The minimum absolute atomic E-state index is 0.163. The molecule has 0 unspecified atom stereocenters. The molecule has 0 aromatic rings. The number of fused-ring (bicyclic) bond motifs is 2. The van der Waals surface area contributed by atoms with Crippen molar-refractivity contribution >= 4 is 11.8 Å². The van der Waals surface area contributed by atoms with Crippen molar-refractivity contribution in [3.8, 4) is 0 Å². The molecular formula is C15H25N3O2. The summed E-state index contributed by atoms with van der Waals surface area (Å²) in [6.07, 6.45) is 7.02. The number of amides is 2. The summed E-state index contributed by atoms with van der Waals surface area (Å²) in [7, 11) is 0. The van der Waals surface area contributed by atoms with Gasteiger partial charge in [-0.2, -0.15) is 0 Å². The molecule has 112 valence electrons. The van der Waals surface area contributed by atoms with Crippen LogP contribution in [0.4, 0.5) is 0 Å². The number of likely N-dealkylation sites (tertiary alicyclic amines) is 1. The first-order valence-corrected chi connectivity index (χ1v) is 8.05. The summed E-state index contributed by atoms with van der Waals surface area (Å²) < 4.78 is 0. The molecule has 3 rings (SSSR count). The standard InChI is InChI=1S/C15H25N3O2/c19-14-4-2-1-3-9-17(14)11-15(20)18-12-5-6-13(18)10-16-8-7-12/h12-13,16H,1-11H2/t12-,13+/m1/s1. The van der Waals surface area contributed by atoms with Gasteiger partial charge in [-0.25, -0.2) is 0 Å². The predicted octanol–water partition coefficient (Wildman–Crippen LogP) is 0.742. The van der Waals surface area contributed by atoms with Crippen molar-refractivity contribution in [2.75, 3.05) is 26.2 Å². The van der Waals surface area contributed by atoms with E-state index in [1.807, 2.05) is 0 Å². The van der Waals surface area contributed by atoms with Crippen LogP contribution in [0.15, 0.2) is 0 Å². The van der Waals surface area contributed by atoms with Crippen molar-refractivity contribution < 1.29 is 9.59 Å². The number of hydrogen-bond acceptors (Lipinski definition) is 3. The van der Waals surface area contributed by atoms with Crippen LogP contribution in [0.25, 0.3) is 0 Å². The molecule has 3 heterocycles. The van der Waals surface area contributed by atoms with E-state index in [2.05, 4.69) is 10.2 Å². The Balaban J connectivity index is 1.64. The second-order valence-electron chi connectivity index (χ2n) is 6.30. The zero-order valence-corrected chi connectivity index (χ0v) is 12.1. The Morgan fingerprint density at radius 2 is 2.00 bits per heavy atom. The summed E-state index contributed by atoms with van der Waals surface area (Å²) in [6, 6.07) is 0.738. The Hall–Kier alpha value is -1.10. The zero-order valence-electron chi connectivity index (χ0n) is 12.1. The van der Waals surface area contributed by atoms with Crippen molar-refractivity contribution in [1.82, 2.24) is 15.1 Å². The van der Waals surface area contributed by atoms with Crippen molar-refractivity contribution in [1.29, 1.82) is 0 Å². The van der Waals surface area contributed by atoms with E-state index in [9.17, 15) is 9.59 Å². The highest BCUT2D eigenvalue weighted by Gasteiger charge is 2.38. The maximum absolute atomic E-state index is 12.6. The Bertz CT molecular complexity index is 371. The molecule has 2 atom stereocenters. The average molecular weight is 279 g/mol. The van der Waals surface area contributed by atoms with Crippen molar-refractivity contribution in [2.45, 2.75) is 57.0 Å². The van der Waals surface area contributed by atoms with Gasteiger partial charge in [0.2, 0.25) is 11.8 Å². The van der Waals surface area contributed by atoms with Gasteiger partial charge in [0.25, 0.3) is 0 Å². The maximum Gasteiger partial charge on any atom is 0.242 e. The van der Waals surface area contributed by atoms with E-state index in [0.717, 1.165) is 58.2 Å². The quantitative estimate of drug-likeness (QED) is 0.811. The van der Waals surface area contributed by atoms with Gasteiger partial charge in [0, 0.05) is 31.6 Å². The monoisotopic (exact) mass is 279 g/mol. The van der Waals surface area contributed by atoms with Crippen molar-refractivity contribution in [3.05, 3.63) is 0 Å². The second kappa shape index (κ2) is 6.12. The SMILES string of the molecule is O=C1CCCCCN1CC(=O)N1[C@H]2CCNC[C@@H]1CC2. The number of carbonyl (C=O) groups is 2. The van der Waals surface area contributed by atoms with Crippen LogP contribution < -0.4 is 5.32 Å². The molecule has 3 fully saturated rings. The second-order valence-corrected chi connectivity index (χ2v) is 6.30. The van der Waals surface area contributed by atoms with Crippen LogP contribution in [0.1, 0.15) is 44.9 Å². The van der Waals surface area contributed by atoms with Crippen molar-refractivity contribution in [3.63, 3.8) is 0 Å². The molecule has 1 N–H and O–H groups in total. The van der Waals surface area contributed by atoms with Crippen LogP contribution in [0.3, 0.4) is 0 Å².